The molecule has 0 aliphatic carbocycles. The number of nitrogens with zero attached hydrogens (tertiary/aromatic N) is 1. The number of rotatable bonds is 0. The molecule has 3 heterocycles. The Morgan fingerprint density at radius 3 is 1.33 bits per heavy atom. The molecule has 150 valence electrons. The molecule has 3 aliphatic rings. The van der Waals surface area contributed by atoms with E-state index in [1.165, 1.54) is 50.4 Å². The van der Waals surface area contributed by atoms with Crippen LogP contribution in [0.15, 0.2) is 56.4 Å². The van der Waals surface area contributed by atoms with Gasteiger partial charge in [-0.05, 0) is 64.2 Å². The van der Waals surface area contributed by atoms with Crippen molar-refractivity contribution in [2.75, 3.05) is 4.90 Å². The molecule has 0 radical (unpaired) electrons. The molecule has 4 heteroatoms. The normalized spacial score (nSPS) is 18.4. The SMILES string of the molecule is C=C1c2cc(Br)cc3c2N2c4c1cc(Br)cc4C(C)(C)c1cc(Br)cc(c12)C3(C)C. The highest BCUT2D eigenvalue weighted by Crippen LogP contribution is 2.65. The molecule has 0 bridgehead atoms. The van der Waals surface area contributed by atoms with Crippen molar-refractivity contribution in [1.29, 1.82) is 0 Å². The standard InChI is InChI=1S/C26H20Br3N/c1-12-16-6-13(27)8-18-22(16)30-23-17(12)7-14(28)9-19(23)26(4,5)21-11-15(29)10-20(24(21)30)25(18,2)3/h6-11H,1H2,2-5H3. The molecule has 0 N–H and O–H groups in total. The molecule has 0 aromatic heterocycles. The highest BCUT2D eigenvalue weighted by Gasteiger charge is 2.49. The van der Waals surface area contributed by atoms with E-state index in [2.05, 4.69) is 123 Å². The van der Waals surface area contributed by atoms with Crippen LogP contribution in [0.4, 0.5) is 17.1 Å². The summed E-state index contributed by atoms with van der Waals surface area (Å²) in [6.45, 7) is 13.9. The van der Waals surface area contributed by atoms with E-state index in [9.17, 15) is 0 Å². The fourth-order valence-corrected chi connectivity index (χ4v) is 7.03. The Hall–Kier alpha value is -1.36. The van der Waals surface area contributed by atoms with E-state index < -0.39 is 0 Å². The van der Waals surface area contributed by atoms with Gasteiger partial charge in [-0.25, -0.2) is 0 Å². The van der Waals surface area contributed by atoms with Crippen LogP contribution in [0.2, 0.25) is 0 Å². The van der Waals surface area contributed by atoms with Gasteiger partial charge in [0.25, 0.3) is 0 Å². The topological polar surface area (TPSA) is 3.24 Å². The predicted octanol–water partition coefficient (Wildman–Crippen LogP) is 9.10. The molecule has 30 heavy (non-hydrogen) atoms. The van der Waals surface area contributed by atoms with E-state index in [1.54, 1.807) is 0 Å². The Labute approximate surface area is 202 Å². The molecule has 0 amide bonds. The lowest BCUT2D eigenvalue weighted by molar-refractivity contribution is 0.594. The molecule has 0 saturated heterocycles. The van der Waals surface area contributed by atoms with Crippen molar-refractivity contribution in [3.05, 3.63) is 89.8 Å². The Morgan fingerprint density at radius 2 is 0.933 bits per heavy atom. The maximum atomic E-state index is 4.56. The van der Waals surface area contributed by atoms with Gasteiger partial charge in [-0.15, -0.1) is 0 Å². The van der Waals surface area contributed by atoms with Crippen molar-refractivity contribution >= 4 is 70.4 Å². The molecule has 3 aromatic rings. The molecule has 0 fully saturated rings. The summed E-state index contributed by atoms with van der Waals surface area (Å²) in [5.74, 6) is 0. The van der Waals surface area contributed by atoms with E-state index in [4.69, 9.17) is 0 Å². The fraction of sp³-hybridized carbons (Fsp3) is 0.231. The van der Waals surface area contributed by atoms with Crippen molar-refractivity contribution in [2.24, 2.45) is 0 Å². The summed E-state index contributed by atoms with van der Waals surface area (Å²) in [4.78, 5) is 2.52. The number of anilines is 3. The lowest BCUT2D eigenvalue weighted by Crippen LogP contribution is -2.40. The van der Waals surface area contributed by atoms with E-state index in [0.717, 1.165) is 19.0 Å². The van der Waals surface area contributed by atoms with Crippen molar-refractivity contribution in [2.45, 2.75) is 38.5 Å². The van der Waals surface area contributed by atoms with Gasteiger partial charge in [0.2, 0.25) is 0 Å². The van der Waals surface area contributed by atoms with Crippen LogP contribution in [0.3, 0.4) is 0 Å². The lowest BCUT2D eigenvalue weighted by Gasteiger charge is -2.52. The molecular formula is C26H20Br3N. The molecule has 3 aromatic carbocycles. The van der Waals surface area contributed by atoms with Crippen LogP contribution >= 0.6 is 47.8 Å². The van der Waals surface area contributed by atoms with Gasteiger partial charge < -0.3 is 4.90 Å². The average Bonchev–Trinajstić information content (AvgIpc) is 2.66. The number of benzene rings is 3. The Balaban J connectivity index is 1.90. The first-order chi connectivity index (χ1) is 14.0. The Kier molecular flexibility index (Phi) is 3.68. The average molecular weight is 586 g/mol. The molecule has 0 spiro atoms. The summed E-state index contributed by atoms with van der Waals surface area (Å²) in [6.07, 6.45) is 0. The fourth-order valence-electron chi connectivity index (χ4n) is 5.66. The third kappa shape index (κ3) is 2.13. The van der Waals surface area contributed by atoms with Crippen LogP contribution < -0.4 is 4.90 Å². The highest BCUT2D eigenvalue weighted by molar-refractivity contribution is 9.11. The van der Waals surface area contributed by atoms with Crippen LogP contribution in [-0.2, 0) is 10.8 Å². The van der Waals surface area contributed by atoms with E-state index in [0.29, 0.717) is 0 Å². The van der Waals surface area contributed by atoms with Gasteiger partial charge in [0.05, 0.1) is 17.1 Å². The van der Waals surface area contributed by atoms with Gasteiger partial charge in [-0.1, -0.05) is 82.1 Å². The number of halogens is 3. The predicted molar refractivity (Wildman–Crippen MR) is 137 cm³/mol. The Bertz CT molecular complexity index is 1250. The van der Waals surface area contributed by atoms with E-state index in [-0.39, 0.29) is 10.8 Å². The second kappa shape index (κ2) is 5.70. The van der Waals surface area contributed by atoms with Crippen LogP contribution in [0.25, 0.3) is 5.57 Å². The second-order valence-corrected chi connectivity index (χ2v) is 12.4. The highest BCUT2D eigenvalue weighted by atomic mass is 79.9. The summed E-state index contributed by atoms with van der Waals surface area (Å²) >= 11 is 11.4. The second-order valence-electron chi connectivity index (χ2n) is 9.61. The molecule has 0 atom stereocenters. The van der Waals surface area contributed by atoms with E-state index >= 15 is 0 Å². The summed E-state index contributed by atoms with van der Waals surface area (Å²) in [5.41, 5.74) is 12.6. The van der Waals surface area contributed by atoms with Gasteiger partial charge in [-0.2, -0.15) is 0 Å². The van der Waals surface area contributed by atoms with E-state index in [1.807, 2.05) is 0 Å². The van der Waals surface area contributed by atoms with Crippen LogP contribution in [0.1, 0.15) is 61.1 Å². The molecule has 3 aliphatic heterocycles. The summed E-state index contributed by atoms with van der Waals surface area (Å²) in [7, 11) is 0. The van der Waals surface area contributed by atoms with Crippen LogP contribution in [0.5, 0.6) is 0 Å². The van der Waals surface area contributed by atoms with Crippen LogP contribution in [-0.4, -0.2) is 0 Å². The van der Waals surface area contributed by atoms with Gasteiger partial charge in [-0.3, -0.25) is 0 Å². The summed E-state index contributed by atoms with van der Waals surface area (Å²) in [5, 5.41) is 0. The van der Waals surface area contributed by atoms with Crippen molar-refractivity contribution in [1.82, 2.24) is 0 Å². The monoisotopic (exact) mass is 583 g/mol. The zero-order valence-corrected chi connectivity index (χ0v) is 22.0. The smallest absolute Gasteiger partial charge is 0.0582 e. The summed E-state index contributed by atoms with van der Waals surface area (Å²) < 4.78 is 3.33. The lowest BCUT2D eigenvalue weighted by atomic mass is 9.64. The minimum atomic E-state index is -0.126. The maximum Gasteiger partial charge on any atom is 0.0582 e. The van der Waals surface area contributed by atoms with Crippen LogP contribution in [0, 0.1) is 0 Å². The molecular weight excluding hydrogens is 566 g/mol. The third-order valence-electron chi connectivity index (χ3n) is 7.24. The quantitative estimate of drug-likeness (QED) is 0.199. The largest absolute Gasteiger partial charge is 0.308 e. The molecule has 6 rings (SSSR count). The van der Waals surface area contributed by atoms with Gasteiger partial charge in [0.15, 0.2) is 0 Å². The van der Waals surface area contributed by atoms with Gasteiger partial charge in [0, 0.05) is 35.4 Å². The third-order valence-corrected chi connectivity index (χ3v) is 8.61. The zero-order chi connectivity index (χ0) is 21.3. The molecule has 1 nitrogen and oxygen atoms in total. The van der Waals surface area contributed by atoms with Crippen molar-refractivity contribution < 1.29 is 0 Å². The minimum Gasteiger partial charge on any atom is -0.308 e. The first kappa shape index (κ1) is 19.3. The van der Waals surface area contributed by atoms with Crippen molar-refractivity contribution in [3.8, 4) is 0 Å². The minimum absolute atomic E-state index is 0.126. The van der Waals surface area contributed by atoms with Gasteiger partial charge >= 0.3 is 0 Å². The maximum absolute atomic E-state index is 4.56. The summed E-state index contributed by atoms with van der Waals surface area (Å²) in [6, 6.07) is 13.7. The molecule has 0 saturated carbocycles. The number of hydrogen-bond acceptors (Lipinski definition) is 1. The van der Waals surface area contributed by atoms with Gasteiger partial charge in [0.1, 0.15) is 0 Å². The first-order valence-corrected chi connectivity index (χ1v) is 12.4. The molecule has 0 unspecified atom stereocenters. The zero-order valence-electron chi connectivity index (χ0n) is 17.3. The number of hydrogen-bond donors (Lipinski definition) is 0. The van der Waals surface area contributed by atoms with Crippen molar-refractivity contribution in [3.63, 3.8) is 0 Å². The Morgan fingerprint density at radius 1 is 0.600 bits per heavy atom. The first-order valence-electron chi connectivity index (χ1n) is 10.1.